The minimum atomic E-state index is -4.02. The molecule has 0 aliphatic rings. The van der Waals surface area contributed by atoms with E-state index in [1.807, 2.05) is 0 Å². The highest BCUT2D eigenvalue weighted by atomic mass is 19.4. The molecule has 5 heteroatoms. The molecule has 0 unspecified atom stereocenters. The minimum Gasteiger partial charge on any atom is -0.330 e. The summed E-state index contributed by atoms with van der Waals surface area (Å²) in [6, 6.07) is 0. The molecule has 0 aromatic carbocycles. The molecule has 27 heavy (non-hydrogen) atoms. The minimum absolute atomic E-state index is 0.315. The van der Waals surface area contributed by atoms with Crippen molar-refractivity contribution < 1.29 is 13.2 Å². The molecule has 0 bridgehead atoms. The molecular weight excluding hydrogens is 349 g/mol. The number of hydrogen-bond acceptors (Lipinski definition) is 2. The monoisotopic (exact) mass is 394 g/mol. The predicted octanol–water partition coefficient (Wildman–Crippen LogP) is 7.10. The number of halogens is 3. The van der Waals surface area contributed by atoms with E-state index in [9.17, 15) is 13.2 Å². The van der Waals surface area contributed by atoms with E-state index >= 15 is 0 Å². The zero-order valence-electron chi connectivity index (χ0n) is 17.5. The van der Waals surface area contributed by atoms with Crippen molar-refractivity contribution in [1.29, 1.82) is 0 Å². The van der Waals surface area contributed by atoms with Crippen LogP contribution in [-0.2, 0) is 0 Å². The summed E-state index contributed by atoms with van der Waals surface area (Å²) in [6.45, 7) is 1.52. The van der Waals surface area contributed by atoms with Gasteiger partial charge < -0.3 is 11.5 Å². The van der Waals surface area contributed by atoms with Gasteiger partial charge in [0.1, 0.15) is 0 Å². The Labute approximate surface area is 166 Å². The van der Waals surface area contributed by atoms with Crippen molar-refractivity contribution in [2.75, 3.05) is 13.1 Å². The smallest absolute Gasteiger partial charge is 0.330 e. The average molecular weight is 395 g/mol. The first-order chi connectivity index (χ1) is 13.0. The van der Waals surface area contributed by atoms with E-state index in [1.165, 1.54) is 38.5 Å². The standard InChI is InChI=1S/C22H45F3N2/c23-22(24,25)21(17-13-9-5-1-3-7-11-15-19-26)18-14-10-6-2-4-8-12-16-20-27/h21H,1-20,26-27H2. The Balaban J connectivity index is 3.63. The van der Waals surface area contributed by atoms with Crippen LogP contribution in [0.2, 0.25) is 0 Å². The summed E-state index contributed by atoms with van der Waals surface area (Å²) < 4.78 is 39.6. The van der Waals surface area contributed by atoms with E-state index in [1.54, 1.807) is 0 Å². The maximum atomic E-state index is 13.2. The van der Waals surface area contributed by atoms with Gasteiger partial charge in [-0.3, -0.25) is 0 Å². The zero-order chi connectivity index (χ0) is 20.2. The molecule has 0 aromatic heterocycles. The van der Waals surface area contributed by atoms with Gasteiger partial charge in [-0.2, -0.15) is 13.2 Å². The van der Waals surface area contributed by atoms with Crippen LogP contribution in [0, 0.1) is 5.92 Å². The zero-order valence-corrected chi connectivity index (χ0v) is 17.5. The lowest BCUT2D eigenvalue weighted by Gasteiger charge is -2.20. The predicted molar refractivity (Wildman–Crippen MR) is 111 cm³/mol. The third-order valence-electron chi connectivity index (χ3n) is 5.48. The second kappa shape index (κ2) is 19.0. The topological polar surface area (TPSA) is 52.0 Å². The molecule has 0 rings (SSSR count). The molecule has 0 radical (unpaired) electrons. The van der Waals surface area contributed by atoms with Gasteiger partial charge in [-0.15, -0.1) is 0 Å². The van der Waals surface area contributed by atoms with Crippen molar-refractivity contribution in [2.45, 2.75) is 122 Å². The lowest BCUT2D eigenvalue weighted by atomic mass is 9.93. The van der Waals surface area contributed by atoms with Gasteiger partial charge in [-0.05, 0) is 38.8 Å². The van der Waals surface area contributed by atoms with Crippen molar-refractivity contribution >= 4 is 0 Å². The Kier molecular flexibility index (Phi) is 18.8. The fraction of sp³-hybridized carbons (Fsp3) is 1.00. The highest BCUT2D eigenvalue weighted by Gasteiger charge is 2.38. The Morgan fingerprint density at radius 2 is 0.704 bits per heavy atom. The van der Waals surface area contributed by atoms with Crippen LogP contribution >= 0.6 is 0 Å². The molecule has 0 saturated heterocycles. The van der Waals surface area contributed by atoms with Gasteiger partial charge in [0.15, 0.2) is 0 Å². The quantitative estimate of drug-likeness (QED) is 0.216. The number of nitrogens with two attached hydrogens (primary N) is 2. The molecule has 0 aromatic rings. The molecule has 0 fully saturated rings. The van der Waals surface area contributed by atoms with Gasteiger partial charge in [0, 0.05) is 0 Å². The van der Waals surface area contributed by atoms with Gasteiger partial charge >= 0.3 is 6.18 Å². The van der Waals surface area contributed by atoms with Crippen LogP contribution in [0.15, 0.2) is 0 Å². The van der Waals surface area contributed by atoms with Crippen LogP contribution in [0.1, 0.15) is 116 Å². The molecule has 0 heterocycles. The third-order valence-corrected chi connectivity index (χ3v) is 5.48. The highest BCUT2D eigenvalue weighted by Crippen LogP contribution is 2.34. The van der Waals surface area contributed by atoms with E-state index in [0.29, 0.717) is 25.7 Å². The Morgan fingerprint density at radius 3 is 0.963 bits per heavy atom. The summed E-state index contributed by atoms with van der Waals surface area (Å²) in [5.41, 5.74) is 10.9. The molecule has 4 N–H and O–H groups in total. The molecule has 0 saturated carbocycles. The largest absolute Gasteiger partial charge is 0.391 e. The SMILES string of the molecule is NCCCCCCCCCCC(CCCCCCCCCCN)C(F)(F)F. The molecule has 0 spiro atoms. The number of alkyl halides is 3. The van der Waals surface area contributed by atoms with Gasteiger partial charge in [-0.25, -0.2) is 0 Å². The van der Waals surface area contributed by atoms with E-state index in [0.717, 1.165) is 64.5 Å². The molecule has 0 aliphatic carbocycles. The third kappa shape index (κ3) is 18.8. The first-order valence-electron chi connectivity index (χ1n) is 11.5. The Bertz CT molecular complexity index is 274. The van der Waals surface area contributed by atoms with Crippen molar-refractivity contribution in [3.8, 4) is 0 Å². The van der Waals surface area contributed by atoms with Crippen LogP contribution in [0.4, 0.5) is 13.2 Å². The fourth-order valence-electron chi connectivity index (χ4n) is 3.66. The molecule has 2 nitrogen and oxygen atoms in total. The molecule has 164 valence electrons. The first kappa shape index (κ1) is 26.7. The lowest BCUT2D eigenvalue weighted by Crippen LogP contribution is -2.22. The maximum Gasteiger partial charge on any atom is 0.391 e. The first-order valence-corrected chi connectivity index (χ1v) is 11.5. The van der Waals surface area contributed by atoms with Crippen LogP contribution in [-0.4, -0.2) is 19.3 Å². The van der Waals surface area contributed by atoms with Gasteiger partial charge in [0.2, 0.25) is 0 Å². The lowest BCUT2D eigenvalue weighted by molar-refractivity contribution is -0.178. The summed E-state index contributed by atoms with van der Waals surface area (Å²) in [6.07, 6.45) is 13.7. The summed E-state index contributed by atoms with van der Waals surface area (Å²) in [5.74, 6) is -1.09. The van der Waals surface area contributed by atoms with Crippen LogP contribution in [0.5, 0.6) is 0 Å². The number of hydrogen-bond donors (Lipinski definition) is 2. The number of unbranched alkanes of at least 4 members (excludes halogenated alkanes) is 14. The fourth-order valence-corrected chi connectivity index (χ4v) is 3.66. The maximum absolute atomic E-state index is 13.2. The van der Waals surface area contributed by atoms with Crippen molar-refractivity contribution in [2.24, 2.45) is 17.4 Å². The van der Waals surface area contributed by atoms with E-state index in [4.69, 9.17) is 11.5 Å². The molecule has 0 amide bonds. The van der Waals surface area contributed by atoms with E-state index in [2.05, 4.69) is 0 Å². The Morgan fingerprint density at radius 1 is 0.444 bits per heavy atom. The molecule has 0 aliphatic heterocycles. The molecule has 0 atom stereocenters. The second-order valence-corrected chi connectivity index (χ2v) is 8.05. The summed E-state index contributed by atoms with van der Waals surface area (Å²) >= 11 is 0. The van der Waals surface area contributed by atoms with Crippen molar-refractivity contribution in [3.63, 3.8) is 0 Å². The second-order valence-electron chi connectivity index (χ2n) is 8.05. The number of rotatable bonds is 20. The van der Waals surface area contributed by atoms with E-state index < -0.39 is 12.1 Å². The average Bonchev–Trinajstić information content (AvgIpc) is 2.62. The van der Waals surface area contributed by atoms with Crippen molar-refractivity contribution in [1.82, 2.24) is 0 Å². The van der Waals surface area contributed by atoms with Crippen LogP contribution < -0.4 is 11.5 Å². The van der Waals surface area contributed by atoms with Crippen LogP contribution in [0.3, 0.4) is 0 Å². The van der Waals surface area contributed by atoms with Crippen molar-refractivity contribution in [3.05, 3.63) is 0 Å². The Hall–Kier alpha value is -0.290. The van der Waals surface area contributed by atoms with Gasteiger partial charge in [-0.1, -0.05) is 89.9 Å². The summed E-state index contributed by atoms with van der Waals surface area (Å²) in [4.78, 5) is 0. The summed E-state index contributed by atoms with van der Waals surface area (Å²) in [7, 11) is 0. The normalized spacial score (nSPS) is 12.2. The van der Waals surface area contributed by atoms with Crippen LogP contribution in [0.25, 0.3) is 0 Å². The van der Waals surface area contributed by atoms with Gasteiger partial charge in [0.05, 0.1) is 5.92 Å². The summed E-state index contributed by atoms with van der Waals surface area (Å²) in [5, 5.41) is 0. The van der Waals surface area contributed by atoms with Gasteiger partial charge in [0.25, 0.3) is 0 Å². The molecular formula is C22H45F3N2. The highest BCUT2D eigenvalue weighted by molar-refractivity contribution is 4.68. The van der Waals surface area contributed by atoms with E-state index in [-0.39, 0.29) is 0 Å².